The van der Waals surface area contributed by atoms with Gasteiger partial charge in [-0.15, -0.1) is 0 Å². The molecule has 1 heterocycles. The largest absolute Gasteiger partial charge is 0.324 e. The first-order valence-electron chi connectivity index (χ1n) is 7.01. The maximum Gasteiger partial charge on any atom is 0.241 e. The van der Waals surface area contributed by atoms with Crippen molar-refractivity contribution in [2.45, 2.75) is 25.9 Å². The van der Waals surface area contributed by atoms with Crippen LogP contribution in [-0.4, -0.2) is 11.9 Å². The molecule has 1 aliphatic heterocycles. The van der Waals surface area contributed by atoms with E-state index in [2.05, 4.69) is 38.7 Å². The lowest BCUT2D eigenvalue weighted by molar-refractivity contribution is -0.118. The van der Waals surface area contributed by atoms with Crippen molar-refractivity contribution in [2.75, 3.05) is 5.32 Å². The summed E-state index contributed by atoms with van der Waals surface area (Å²) in [5.41, 5.74) is 4.45. The Kier molecular flexibility index (Phi) is 4.08. The summed E-state index contributed by atoms with van der Waals surface area (Å²) in [6, 6.07) is 13.9. The highest BCUT2D eigenvalue weighted by Gasteiger charge is 2.24. The smallest absolute Gasteiger partial charge is 0.241 e. The van der Waals surface area contributed by atoms with Crippen LogP contribution in [0, 0.1) is 6.92 Å². The number of halogens is 1. The SMILES string of the molecule is Cc1cccc(NC(=O)C2Cc3ccccc3CN2)c1Br. The van der Waals surface area contributed by atoms with E-state index in [0.29, 0.717) is 0 Å². The van der Waals surface area contributed by atoms with Gasteiger partial charge in [0.25, 0.3) is 0 Å². The Hall–Kier alpha value is -1.65. The average molecular weight is 345 g/mol. The van der Waals surface area contributed by atoms with E-state index in [1.54, 1.807) is 0 Å². The van der Waals surface area contributed by atoms with Gasteiger partial charge in [0.15, 0.2) is 0 Å². The number of benzene rings is 2. The highest BCUT2D eigenvalue weighted by atomic mass is 79.9. The molecule has 1 amide bonds. The van der Waals surface area contributed by atoms with Crippen molar-refractivity contribution < 1.29 is 4.79 Å². The van der Waals surface area contributed by atoms with Crippen molar-refractivity contribution >= 4 is 27.5 Å². The molecule has 3 nitrogen and oxygen atoms in total. The third kappa shape index (κ3) is 3.01. The minimum atomic E-state index is -0.188. The zero-order chi connectivity index (χ0) is 14.8. The second-order valence-electron chi connectivity index (χ2n) is 5.33. The van der Waals surface area contributed by atoms with E-state index in [0.717, 1.165) is 28.7 Å². The first-order valence-corrected chi connectivity index (χ1v) is 7.80. The minimum absolute atomic E-state index is 0.0100. The minimum Gasteiger partial charge on any atom is -0.324 e. The Bertz CT molecular complexity index is 684. The fourth-order valence-electron chi connectivity index (χ4n) is 2.60. The van der Waals surface area contributed by atoms with Gasteiger partial charge < -0.3 is 10.6 Å². The molecule has 0 aromatic heterocycles. The number of aryl methyl sites for hydroxylation is 1. The van der Waals surface area contributed by atoms with Crippen LogP contribution in [0.5, 0.6) is 0 Å². The summed E-state index contributed by atoms with van der Waals surface area (Å²) in [4.78, 5) is 12.4. The van der Waals surface area contributed by atoms with Crippen LogP contribution in [0.4, 0.5) is 5.69 Å². The van der Waals surface area contributed by atoms with Gasteiger partial charge in [-0.05, 0) is 52.0 Å². The topological polar surface area (TPSA) is 41.1 Å². The normalized spacial score (nSPS) is 17.1. The van der Waals surface area contributed by atoms with E-state index in [1.165, 1.54) is 11.1 Å². The number of fused-ring (bicyclic) bond motifs is 1. The van der Waals surface area contributed by atoms with Gasteiger partial charge in [0.05, 0.1) is 11.7 Å². The van der Waals surface area contributed by atoms with E-state index in [1.807, 2.05) is 37.3 Å². The molecular weight excluding hydrogens is 328 g/mol. The van der Waals surface area contributed by atoms with Crippen LogP contribution in [0.3, 0.4) is 0 Å². The summed E-state index contributed by atoms with van der Waals surface area (Å²) in [6.07, 6.45) is 0.728. The van der Waals surface area contributed by atoms with Gasteiger partial charge in [-0.3, -0.25) is 4.79 Å². The highest BCUT2D eigenvalue weighted by Crippen LogP contribution is 2.26. The standard InChI is InChI=1S/C17H17BrN2O/c1-11-5-4-8-14(16(11)18)20-17(21)15-9-12-6-2-3-7-13(12)10-19-15/h2-8,15,19H,9-10H2,1H3,(H,20,21). The number of hydrogen-bond donors (Lipinski definition) is 2. The van der Waals surface area contributed by atoms with E-state index >= 15 is 0 Å². The molecule has 1 atom stereocenters. The summed E-state index contributed by atoms with van der Waals surface area (Å²) in [7, 11) is 0. The van der Waals surface area contributed by atoms with Gasteiger partial charge in [0.2, 0.25) is 5.91 Å². The summed E-state index contributed by atoms with van der Waals surface area (Å²) < 4.78 is 0.939. The molecule has 2 N–H and O–H groups in total. The van der Waals surface area contributed by atoms with Crippen LogP contribution in [-0.2, 0) is 17.8 Å². The lowest BCUT2D eigenvalue weighted by Gasteiger charge is -2.25. The molecule has 0 fully saturated rings. The van der Waals surface area contributed by atoms with E-state index in [9.17, 15) is 4.79 Å². The average Bonchev–Trinajstić information content (AvgIpc) is 2.51. The fraction of sp³-hybridized carbons (Fsp3) is 0.235. The molecule has 0 saturated carbocycles. The van der Waals surface area contributed by atoms with E-state index in [4.69, 9.17) is 0 Å². The van der Waals surface area contributed by atoms with Crippen LogP contribution in [0.15, 0.2) is 46.9 Å². The summed E-state index contributed by atoms with van der Waals surface area (Å²) in [5, 5.41) is 6.31. The number of amides is 1. The predicted octanol–water partition coefficient (Wildman–Crippen LogP) is 3.41. The maximum atomic E-state index is 12.4. The van der Waals surface area contributed by atoms with E-state index < -0.39 is 0 Å². The second-order valence-corrected chi connectivity index (χ2v) is 6.13. The molecule has 3 rings (SSSR count). The second kappa shape index (κ2) is 6.00. The van der Waals surface area contributed by atoms with Crippen molar-refractivity contribution in [2.24, 2.45) is 0 Å². The number of nitrogens with one attached hydrogen (secondary N) is 2. The molecule has 1 unspecified atom stereocenters. The first kappa shape index (κ1) is 14.3. The third-order valence-electron chi connectivity index (χ3n) is 3.85. The molecule has 21 heavy (non-hydrogen) atoms. The molecular formula is C17H17BrN2O. The summed E-state index contributed by atoms with van der Waals surface area (Å²) in [5.74, 6) is 0.0100. The monoisotopic (exact) mass is 344 g/mol. The molecule has 2 aromatic carbocycles. The molecule has 0 aliphatic carbocycles. The van der Waals surface area contributed by atoms with Crippen LogP contribution in [0.1, 0.15) is 16.7 Å². The highest BCUT2D eigenvalue weighted by molar-refractivity contribution is 9.10. The Labute approximate surface area is 132 Å². The van der Waals surface area contributed by atoms with E-state index in [-0.39, 0.29) is 11.9 Å². The van der Waals surface area contributed by atoms with Crippen molar-refractivity contribution in [1.29, 1.82) is 0 Å². The van der Waals surface area contributed by atoms with Gasteiger partial charge in [-0.2, -0.15) is 0 Å². The van der Waals surface area contributed by atoms with Gasteiger partial charge in [0, 0.05) is 11.0 Å². The number of hydrogen-bond acceptors (Lipinski definition) is 2. The summed E-state index contributed by atoms with van der Waals surface area (Å²) in [6.45, 7) is 2.75. The third-order valence-corrected chi connectivity index (χ3v) is 4.90. The summed E-state index contributed by atoms with van der Waals surface area (Å²) >= 11 is 3.52. The maximum absolute atomic E-state index is 12.4. The van der Waals surface area contributed by atoms with Crippen LogP contribution >= 0.6 is 15.9 Å². The number of carbonyl (C=O) groups is 1. The Morgan fingerprint density at radius 3 is 2.76 bits per heavy atom. The lowest BCUT2D eigenvalue weighted by Crippen LogP contribution is -2.44. The number of carbonyl (C=O) groups excluding carboxylic acids is 1. The number of rotatable bonds is 2. The predicted molar refractivity (Wildman–Crippen MR) is 88.3 cm³/mol. The van der Waals surface area contributed by atoms with Crippen molar-refractivity contribution in [3.8, 4) is 0 Å². The van der Waals surface area contributed by atoms with Gasteiger partial charge >= 0.3 is 0 Å². The zero-order valence-electron chi connectivity index (χ0n) is 11.8. The molecule has 2 aromatic rings. The zero-order valence-corrected chi connectivity index (χ0v) is 13.4. The molecule has 0 bridgehead atoms. The first-order chi connectivity index (χ1) is 10.1. The number of anilines is 1. The van der Waals surface area contributed by atoms with Gasteiger partial charge in [-0.1, -0.05) is 36.4 Å². The lowest BCUT2D eigenvalue weighted by atomic mass is 9.95. The molecule has 0 spiro atoms. The van der Waals surface area contributed by atoms with Crippen LogP contribution in [0.25, 0.3) is 0 Å². The molecule has 108 valence electrons. The Morgan fingerprint density at radius 2 is 1.95 bits per heavy atom. The van der Waals surface area contributed by atoms with Gasteiger partial charge in [0.1, 0.15) is 0 Å². The van der Waals surface area contributed by atoms with Crippen molar-refractivity contribution in [1.82, 2.24) is 5.32 Å². The van der Waals surface area contributed by atoms with Crippen LogP contribution in [0.2, 0.25) is 0 Å². The van der Waals surface area contributed by atoms with Crippen molar-refractivity contribution in [3.63, 3.8) is 0 Å². The Balaban J connectivity index is 1.74. The molecule has 4 heteroatoms. The van der Waals surface area contributed by atoms with Gasteiger partial charge in [-0.25, -0.2) is 0 Å². The molecule has 0 saturated heterocycles. The van der Waals surface area contributed by atoms with Crippen molar-refractivity contribution in [3.05, 3.63) is 63.6 Å². The molecule has 1 aliphatic rings. The van der Waals surface area contributed by atoms with Crippen LogP contribution < -0.4 is 10.6 Å². The quantitative estimate of drug-likeness (QED) is 0.876. The Morgan fingerprint density at radius 1 is 1.19 bits per heavy atom. The fourth-order valence-corrected chi connectivity index (χ4v) is 2.97. The molecule has 0 radical (unpaired) electrons.